The fraction of sp³-hybridized carbons (Fsp3) is 0.958. The third-order valence-electron chi connectivity index (χ3n) is 18.5. The monoisotopic (exact) mass is 1230 g/mol. The highest BCUT2D eigenvalue weighted by molar-refractivity contribution is 5.76. The molecule has 2 heterocycles. The number of allylic oxidation sites excluding steroid dienone is 2. The highest BCUT2D eigenvalue weighted by Gasteiger charge is 2.51. The van der Waals surface area contributed by atoms with Gasteiger partial charge in [0.25, 0.3) is 0 Å². The molecule has 2 rings (SSSR count). The summed E-state index contributed by atoms with van der Waals surface area (Å²) >= 11 is 0. The molecule has 0 saturated carbocycles. The van der Waals surface area contributed by atoms with E-state index in [9.17, 15) is 45.6 Å². The Hall–Kier alpha value is -1.27. The van der Waals surface area contributed by atoms with E-state index in [-0.39, 0.29) is 12.5 Å². The van der Waals surface area contributed by atoms with E-state index in [0.29, 0.717) is 12.8 Å². The fourth-order valence-electron chi connectivity index (χ4n) is 12.6. The summed E-state index contributed by atoms with van der Waals surface area (Å²) in [6.45, 7) is 2.92. The first-order chi connectivity index (χ1) is 42.1. The molecule has 0 aliphatic carbocycles. The zero-order chi connectivity index (χ0) is 62.3. The van der Waals surface area contributed by atoms with E-state index < -0.39 is 86.8 Å². The van der Waals surface area contributed by atoms with Crippen molar-refractivity contribution in [2.75, 3.05) is 19.8 Å². The van der Waals surface area contributed by atoms with E-state index in [4.69, 9.17) is 18.9 Å². The number of aliphatic hydroxyl groups excluding tert-OH is 8. The predicted octanol–water partition coefficient (Wildman–Crippen LogP) is 15.4. The highest BCUT2D eigenvalue weighted by Crippen LogP contribution is 2.30. The lowest BCUT2D eigenvalue weighted by Gasteiger charge is -2.46. The molecule has 510 valence electrons. The molecule has 9 N–H and O–H groups in total. The molecule has 0 spiro atoms. The van der Waals surface area contributed by atoms with Crippen molar-refractivity contribution >= 4 is 5.91 Å². The maximum Gasteiger partial charge on any atom is 0.220 e. The number of carbonyl (C=O) groups is 1. The van der Waals surface area contributed by atoms with Crippen LogP contribution in [-0.4, -0.2) is 140 Å². The summed E-state index contributed by atoms with van der Waals surface area (Å²) in [5.74, 6) is -0.198. The second kappa shape index (κ2) is 57.6. The first-order valence-electron chi connectivity index (χ1n) is 36.9. The minimum atomic E-state index is -1.78. The van der Waals surface area contributed by atoms with E-state index in [0.717, 1.165) is 51.4 Å². The van der Waals surface area contributed by atoms with Gasteiger partial charge in [0.15, 0.2) is 12.6 Å². The Morgan fingerprint density at radius 3 is 1.10 bits per heavy atom. The van der Waals surface area contributed by atoms with Gasteiger partial charge in [-0.25, -0.2) is 0 Å². The van der Waals surface area contributed by atoms with Gasteiger partial charge in [-0.15, -0.1) is 0 Å². The van der Waals surface area contributed by atoms with Crippen LogP contribution in [0, 0.1) is 0 Å². The van der Waals surface area contributed by atoms with E-state index in [1.54, 1.807) is 0 Å². The fourth-order valence-corrected chi connectivity index (χ4v) is 12.6. The molecule has 12 unspecified atom stereocenters. The van der Waals surface area contributed by atoms with Crippen LogP contribution >= 0.6 is 0 Å². The lowest BCUT2D eigenvalue weighted by Crippen LogP contribution is -2.65. The standard InChI is InChI=1S/C72H139NO13/c1-3-5-7-9-11-13-15-17-19-21-22-23-24-25-26-27-28-29-30-31-32-33-34-35-36-37-38-40-42-44-46-48-50-52-54-56-64(77)73-60(61(76)55-53-51-49-47-45-43-41-39-20-18-16-14-12-10-8-6-4-2)59-83-71-69(82)67(80)70(63(58-75)85-71)86-72-68(81)66(79)65(78)62(57-74)84-72/h21-22,60-63,65-72,74-76,78-82H,3-20,23-59H2,1-2H3,(H,73,77)/b22-21-. The molecule has 2 aliphatic heterocycles. The summed E-state index contributed by atoms with van der Waals surface area (Å²) in [5, 5.41) is 87.6. The predicted molar refractivity (Wildman–Crippen MR) is 351 cm³/mol. The number of hydrogen-bond acceptors (Lipinski definition) is 13. The van der Waals surface area contributed by atoms with Crippen molar-refractivity contribution < 1.29 is 64.6 Å². The zero-order valence-corrected chi connectivity index (χ0v) is 55.6. The molecule has 0 bridgehead atoms. The lowest BCUT2D eigenvalue weighted by atomic mass is 9.97. The van der Waals surface area contributed by atoms with Gasteiger partial charge in [-0.1, -0.05) is 315 Å². The van der Waals surface area contributed by atoms with Gasteiger partial charge < -0.3 is 65.1 Å². The minimum Gasteiger partial charge on any atom is -0.394 e. The SMILES string of the molecule is CCCCCCCCCC/C=C\CCCCCCCCCCCCCCCCCCCCCCCCCC(=O)NC(COC1OC(CO)C(OC2OC(CO)C(O)C(O)C2O)C(O)C1O)C(O)CCCCCCCCCCCCCCCCCCC. The van der Waals surface area contributed by atoms with Crippen molar-refractivity contribution in [3.63, 3.8) is 0 Å². The Kier molecular flexibility index (Phi) is 54.1. The summed E-state index contributed by atoms with van der Waals surface area (Å²) in [6, 6.07) is -0.825. The van der Waals surface area contributed by atoms with Crippen LogP contribution in [-0.2, 0) is 23.7 Å². The zero-order valence-electron chi connectivity index (χ0n) is 55.6. The average Bonchev–Trinajstić information content (AvgIpc) is 2.46. The van der Waals surface area contributed by atoms with Gasteiger partial charge in [0.1, 0.15) is 48.8 Å². The Balaban J connectivity index is 1.58. The van der Waals surface area contributed by atoms with Crippen molar-refractivity contribution in [1.29, 1.82) is 0 Å². The van der Waals surface area contributed by atoms with E-state index in [1.807, 2.05) is 0 Å². The van der Waals surface area contributed by atoms with Crippen LogP contribution in [0.2, 0.25) is 0 Å². The van der Waals surface area contributed by atoms with Crippen LogP contribution in [0.5, 0.6) is 0 Å². The van der Waals surface area contributed by atoms with Gasteiger partial charge in [0, 0.05) is 6.42 Å². The van der Waals surface area contributed by atoms with Crippen LogP contribution in [0.1, 0.15) is 348 Å². The van der Waals surface area contributed by atoms with Crippen LogP contribution in [0.4, 0.5) is 0 Å². The molecule has 86 heavy (non-hydrogen) atoms. The van der Waals surface area contributed by atoms with Gasteiger partial charge >= 0.3 is 0 Å². The van der Waals surface area contributed by atoms with Crippen LogP contribution in [0.3, 0.4) is 0 Å². The van der Waals surface area contributed by atoms with Crippen LogP contribution in [0.25, 0.3) is 0 Å². The van der Waals surface area contributed by atoms with E-state index >= 15 is 0 Å². The smallest absolute Gasteiger partial charge is 0.220 e. The Bertz CT molecular complexity index is 1490. The quantitative estimate of drug-likeness (QED) is 0.0204. The normalized spacial score (nSPS) is 23.4. The van der Waals surface area contributed by atoms with Gasteiger partial charge in [0.2, 0.25) is 5.91 Å². The second-order valence-corrected chi connectivity index (χ2v) is 26.4. The van der Waals surface area contributed by atoms with Crippen molar-refractivity contribution in [3.05, 3.63) is 12.2 Å². The molecule has 14 nitrogen and oxygen atoms in total. The van der Waals surface area contributed by atoms with Crippen LogP contribution < -0.4 is 5.32 Å². The second-order valence-electron chi connectivity index (χ2n) is 26.4. The molecule has 0 radical (unpaired) electrons. The molecule has 1 amide bonds. The molecule has 14 heteroatoms. The maximum atomic E-state index is 13.4. The maximum absolute atomic E-state index is 13.4. The molecule has 2 fully saturated rings. The number of rotatable bonds is 62. The van der Waals surface area contributed by atoms with Gasteiger partial charge in [0.05, 0.1) is 32.0 Å². The Labute approximate surface area is 526 Å². The number of aliphatic hydroxyl groups is 8. The topological polar surface area (TPSA) is 228 Å². The van der Waals surface area contributed by atoms with Crippen molar-refractivity contribution in [2.24, 2.45) is 0 Å². The summed E-state index contributed by atoms with van der Waals surface area (Å²) < 4.78 is 22.9. The summed E-state index contributed by atoms with van der Waals surface area (Å²) in [6.07, 6.45) is 53.9. The number of hydrogen-bond donors (Lipinski definition) is 9. The molecule has 0 aromatic rings. The third-order valence-corrected chi connectivity index (χ3v) is 18.5. The van der Waals surface area contributed by atoms with Crippen molar-refractivity contribution in [2.45, 2.75) is 421 Å². The number of carbonyl (C=O) groups excluding carboxylic acids is 1. The Morgan fingerprint density at radius 2 is 0.733 bits per heavy atom. The minimum absolute atomic E-state index is 0.198. The molecular formula is C72H139NO13. The summed E-state index contributed by atoms with van der Waals surface area (Å²) in [5.41, 5.74) is 0. The molecular weight excluding hydrogens is 1090 g/mol. The first-order valence-corrected chi connectivity index (χ1v) is 36.9. The van der Waals surface area contributed by atoms with Gasteiger partial charge in [-0.3, -0.25) is 4.79 Å². The van der Waals surface area contributed by atoms with Gasteiger partial charge in [-0.2, -0.15) is 0 Å². The van der Waals surface area contributed by atoms with Crippen molar-refractivity contribution in [3.8, 4) is 0 Å². The number of nitrogens with one attached hydrogen (secondary N) is 1. The molecule has 2 aliphatic rings. The highest BCUT2D eigenvalue weighted by atomic mass is 16.7. The summed E-state index contributed by atoms with van der Waals surface area (Å²) in [4.78, 5) is 13.4. The molecule has 0 aromatic carbocycles. The Morgan fingerprint density at radius 1 is 0.407 bits per heavy atom. The third kappa shape index (κ3) is 41.3. The van der Waals surface area contributed by atoms with E-state index in [1.165, 1.54) is 270 Å². The molecule has 0 aromatic heterocycles. The largest absolute Gasteiger partial charge is 0.394 e. The summed E-state index contributed by atoms with van der Waals surface area (Å²) in [7, 11) is 0. The number of ether oxygens (including phenoxy) is 4. The van der Waals surface area contributed by atoms with Crippen LogP contribution in [0.15, 0.2) is 12.2 Å². The first kappa shape index (κ1) is 80.8. The number of amides is 1. The van der Waals surface area contributed by atoms with Crippen molar-refractivity contribution in [1.82, 2.24) is 5.32 Å². The van der Waals surface area contributed by atoms with E-state index in [2.05, 4.69) is 31.3 Å². The average molecular weight is 1230 g/mol. The molecule has 12 atom stereocenters. The lowest BCUT2D eigenvalue weighted by molar-refractivity contribution is -0.359. The van der Waals surface area contributed by atoms with Gasteiger partial charge in [-0.05, 0) is 38.5 Å². The molecule has 2 saturated heterocycles. The number of unbranched alkanes of at least 4 members (excludes halogenated alkanes) is 47.